The molecule has 1 N–H and O–H groups in total. The molecule has 108 valence electrons. The van der Waals surface area contributed by atoms with Crippen molar-refractivity contribution in [2.24, 2.45) is 0 Å². The molecule has 22 heavy (non-hydrogen) atoms. The third-order valence-corrected chi connectivity index (χ3v) is 4.08. The predicted molar refractivity (Wildman–Crippen MR) is 93.6 cm³/mol. The van der Waals surface area contributed by atoms with E-state index in [9.17, 15) is 4.79 Å². The SMILES string of the molecule is O=C(O)c1ccc(-c2c(P)cccc2-c2ccccc2)cc1. The van der Waals surface area contributed by atoms with Gasteiger partial charge in [0.1, 0.15) is 0 Å². The molecule has 0 radical (unpaired) electrons. The molecule has 0 aliphatic carbocycles. The lowest BCUT2D eigenvalue weighted by Crippen LogP contribution is -2.00. The summed E-state index contributed by atoms with van der Waals surface area (Å²) >= 11 is 0. The number of carboxylic acids is 1. The van der Waals surface area contributed by atoms with Crippen molar-refractivity contribution >= 4 is 20.5 Å². The minimum atomic E-state index is -0.908. The molecule has 0 saturated heterocycles. The molecule has 0 aliphatic heterocycles. The number of hydrogen-bond acceptors (Lipinski definition) is 1. The van der Waals surface area contributed by atoms with Gasteiger partial charge >= 0.3 is 5.97 Å². The first-order valence-corrected chi connectivity index (χ1v) is 7.52. The molecule has 0 aliphatic rings. The second kappa shape index (κ2) is 6.13. The van der Waals surface area contributed by atoms with Crippen molar-refractivity contribution in [3.63, 3.8) is 0 Å². The van der Waals surface area contributed by atoms with Gasteiger partial charge in [-0.15, -0.1) is 9.24 Å². The van der Waals surface area contributed by atoms with Crippen LogP contribution in [0.2, 0.25) is 0 Å². The molecule has 3 rings (SSSR count). The smallest absolute Gasteiger partial charge is 0.335 e. The number of carbonyl (C=O) groups is 1. The second-order valence-electron chi connectivity index (χ2n) is 5.02. The summed E-state index contributed by atoms with van der Waals surface area (Å²) in [5.74, 6) is -0.908. The molecule has 0 fully saturated rings. The van der Waals surface area contributed by atoms with E-state index in [1.165, 1.54) is 0 Å². The molecule has 0 bridgehead atoms. The molecule has 0 amide bonds. The number of carboxylic acid groups (broad SMARTS) is 1. The zero-order chi connectivity index (χ0) is 15.5. The maximum absolute atomic E-state index is 11.0. The zero-order valence-electron chi connectivity index (χ0n) is 11.9. The van der Waals surface area contributed by atoms with Gasteiger partial charge < -0.3 is 5.11 Å². The summed E-state index contributed by atoms with van der Waals surface area (Å²) in [5.41, 5.74) is 4.69. The van der Waals surface area contributed by atoms with Gasteiger partial charge in [-0.25, -0.2) is 4.79 Å². The topological polar surface area (TPSA) is 37.3 Å². The molecule has 3 aromatic rings. The summed E-state index contributed by atoms with van der Waals surface area (Å²) in [4.78, 5) is 11.0. The Kier molecular flexibility index (Phi) is 4.04. The number of aromatic carboxylic acids is 1. The number of hydrogen-bond donors (Lipinski definition) is 1. The lowest BCUT2D eigenvalue weighted by molar-refractivity contribution is 0.0697. The van der Waals surface area contributed by atoms with E-state index >= 15 is 0 Å². The minimum absolute atomic E-state index is 0.297. The van der Waals surface area contributed by atoms with Gasteiger partial charge in [-0.2, -0.15) is 0 Å². The van der Waals surface area contributed by atoms with Crippen LogP contribution < -0.4 is 5.30 Å². The Balaban J connectivity index is 2.16. The van der Waals surface area contributed by atoms with Crippen molar-refractivity contribution in [2.45, 2.75) is 0 Å². The third kappa shape index (κ3) is 2.79. The van der Waals surface area contributed by atoms with Gasteiger partial charge in [-0.05, 0) is 39.7 Å². The molecular weight excluding hydrogens is 291 g/mol. The number of rotatable bonds is 3. The summed E-state index contributed by atoms with van der Waals surface area (Å²) in [6.07, 6.45) is 0. The maximum atomic E-state index is 11.0. The first kappa shape index (κ1) is 14.5. The molecule has 3 heteroatoms. The average Bonchev–Trinajstić information content (AvgIpc) is 2.55. The molecule has 0 heterocycles. The fraction of sp³-hybridized carbons (Fsp3) is 0. The first-order chi connectivity index (χ1) is 10.7. The molecular formula is C19H15O2P. The fourth-order valence-corrected chi connectivity index (χ4v) is 2.96. The molecule has 3 aromatic carbocycles. The highest BCUT2D eigenvalue weighted by Crippen LogP contribution is 2.31. The Bertz CT molecular complexity index is 809. The summed E-state index contributed by atoms with van der Waals surface area (Å²) in [7, 11) is 2.76. The van der Waals surface area contributed by atoms with E-state index in [2.05, 4.69) is 27.4 Å². The van der Waals surface area contributed by atoms with Crippen LogP contribution in [0.4, 0.5) is 0 Å². The van der Waals surface area contributed by atoms with Gasteiger partial charge in [0.2, 0.25) is 0 Å². The maximum Gasteiger partial charge on any atom is 0.335 e. The van der Waals surface area contributed by atoms with Crippen LogP contribution in [0.15, 0.2) is 72.8 Å². The summed E-state index contributed by atoms with van der Waals surface area (Å²) < 4.78 is 0. The van der Waals surface area contributed by atoms with E-state index < -0.39 is 5.97 Å². The van der Waals surface area contributed by atoms with Crippen molar-refractivity contribution in [2.75, 3.05) is 0 Å². The van der Waals surface area contributed by atoms with E-state index in [4.69, 9.17) is 5.11 Å². The van der Waals surface area contributed by atoms with Crippen LogP contribution in [-0.2, 0) is 0 Å². The van der Waals surface area contributed by atoms with Crippen LogP contribution in [-0.4, -0.2) is 11.1 Å². The first-order valence-electron chi connectivity index (χ1n) is 6.94. The van der Waals surface area contributed by atoms with E-state index in [0.717, 1.165) is 27.6 Å². The van der Waals surface area contributed by atoms with Crippen molar-refractivity contribution in [3.8, 4) is 22.3 Å². The molecule has 1 atom stereocenters. The normalized spacial score (nSPS) is 10.4. The van der Waals surface area contributed by atoms with Crippen molar-refractivity contribution in [1.29, 1.82) is 0 Å². The van der Waals surface area contributed by atoms with Gasteiger partial charge in [-0.1, -0.05) is 60.7 Å². The Morgan fingerprint density at radius 1 is 0.773 bits per heavy atom. The summed E-state index contributed by atoms with van der Waals surface area (Å²) in [6.45, 7) is 0. The van der Waals surface area contributed by atoms with Crippen molar-refractivity contribution < 1.29 is 9.90 Å². The number of benzene rings is 3. The van der Waals surface area contributed by atoms with Crippen LogP contribution in [0.3, 0.4) is 0 Å². The molecule has 0 saturated carbocycles. The highest BCUT2D eigenvalue weighted by atomic mass is 31.0. The van der Waals surface area contributed by atoms with Crippen LogP contribution in [0.5, 0.6) is 0 Å². The van der Waals surface area contributed by atoms with E-state index in [1.807, 2.05) is 42.5 Å². The van der Waals surface area contributed by atoms with Gasteiger partial charge in [-0.3, -0.25) is 0 Å². The van der Waals surface area contributed by atoms with Crippen molar-refractivity contribution in [1.82, 2.24) is 0 Å². The summed E-state index contributed by atoms with van der Waals surface area (Å²) in [6, 6.07) is 23.3. The standard InChI is InChI=1S/C19H15O2P/c20-19(21)15-11-9-14(10-12-15)18-16(7-4-8-17(18)22)13-5-2-1-3-6-13/h1-12H,22H2,(H,20,21). The van der Waals surface area contributed by atoms with E-state index in [0.29, 0.717) is 5.56 Å². The average molecular weight is 306 g/mol. The molecule has 0 spiro atoms. The molecule has 2 nitrogen and oxygen atoms in total. The Morgan fingerprint density at radius 2 is 1.45 bits per heavy atom. The van der Waals surface area contributed by atoms with Crippen LogP contribution in [0.25, 0.3) is 22.3 Å². The second-order valence-corrected chi connectivity index (χ2v) is 5.64. The van der Waals surface area contributed by atoms with Gasteiger partial charge in [0.15, 0.2) is 0 Å². The minimum Gasteiger partial charge on any atom is -0.478 e. The van der Waals surface area contributed by atoms with Gasteiger partial charge in [0, 0.05) is 0 Å². The summed E-state index contributed by atoms with van der Waals surface area (Å²) in [5, 5.41) is 10.1. The van der Waals surface area contributed by atoms with E-state index in [-0.39, 0.29) is 0 Å². The van der Waals surface area contributed by atoms with E-state index in [1.54, 1.807) is 12.1 Å². The van der Waals surface area contributed by atoms with Crippen LogP contribution in [0, 0.1) is 0 Å². The lowest BCUT2D eigenvalue weighted by atomic mass is 9.94. The van der Waals surface area contributed by atoms with Gasteiger partial charge in [0.05, 0.1) is 5.56 Å². The Hall–Kier alpha value is -2.44. The zero-order valence-corrected chi connectivity index (χ0v) is 13.0. The predicted octanol–water partition coefficient (Wildman–Crippen LogP) is 4.22. The van der Waals surface area contributed by atoms with Gasteiger partial charge in [0.25, 0.3) is 0 Å². The fourth-order valence-electron chi connectivity index (χ4n) is 2.53. The Morgan fingerprint density at radius 3 is 2.09 bits per heavy atom. The van der Waals surface area contributed by atoms with Crippen LogP contribution >= 0.6 is 9.24 Å². The monoisotopic (exact) mass is 306 g/mol. The quantitative estimate of drug-likeness (QED) is 0.736. The lowest BCUT2D eigenvalue weighted by Gasteiger charge is -2.13. The van der Waals surface area contributed by atoms with Crippen molar-refractivity contribution in [3.05, 3.63) is 78.4 Å². The largest absolute Gasteiger partial charge is 0.478 e. The Labute approximate surface area is 131 Å². The molecule has 0 aromatic heterocycles. The highest BCUT2D eigenvalue weighted by Gasteiger charge is 2.11. The highest BCUT2D eigenvalue weighted by molar-refractivity contribution is 7.28. The third-order valence-electron chi connectivity index (χ3n) is 3.60. The van der Waals surface area contributed by atoms with Crippen LogP contribution in [0.1, 0.15) is 10.4 Å². The molecule has 1 unspecified atom stereocenters.